The number of carbonyl (C=O) groups is 1. The Bertz CT molecular complexity index is 524. The van der Waals surface area contributed by atoms with Crippen molar-refractivity contribution in [2.24, 2.45) is 5.92 Å². The van der Waals surface area contributed by atoms with Gasteiger partial charge >= 0.3 is 0 Å². The molecule has 0 spiro atoms. The third-order valence-electron chi connectivity index (χ3n) is 5.13. The SMILES string of the molecule is CCN1CCN(c2ccc(C(=O)N3CCC(CO)C3)cc2)CC1. The number of likely N-dealkylation sites (N-methyl/N-ethyl adjacent to an activating group) is 1. The summed E-state index contributed by atoms with van der Waals surface area (Å²) < 4.78 is 0. The Morgan fingerprint density at radius 2 is 1.83 bits per heavy atom. The van der Waals surface area contributed by atoms with Gasteiger partial charge in [-0.25, -0.2) is 0 Å². The van der Waals surface area contributed by atoms with Crippen LogP contribution in [0.5, 0.6) is 0 Å². The number of piperazine rings is 1. The summed E-state index contributed by atoms with van der Waals surface area (Å²) in [5.41, 5.74) is 1.95. The number of aliphatic hydroxyl groups is 1. The molecule has 2 saturated heterocycles. The minimum Gasteiger partial charge on any atom is -0.396 e. The molecule has 1 amide bonds. The number of rotatable bonds is 4. The number of benzene rings is 1. The van der Waals surface area contributed by atoms with Crippen LogP contribution in [0.1, 0.15) is 23.7 Å². The maximum absolute atomic E-state index is 12.5. The van der Waals surface area contributed by atoms with E-state index in [2.05, 4.69) is 28.9 Å². The van der Waals surface area contributed by atoms with Crippen LogP contribution >= 0.6 is 0 Å². The molecule has 126 valence electrons. The molecule has 0 bridgehead atoms. The van der Waals surface area contributed by atoms with Crippen LogP contribution in [0, 0.1) is 5.92 Å². The van der Waals surface area contributed by atoms with E-state index in [9.17, 15) is 9.90 Å². The summed E-state index contributed by atoms with van der Waals surface area (Å²) in [7, 11) is 0. The van der Waals surface area contributed by atoms with Gasteiger partial charge in [-0.05, 0) is 37.2 Å². The standard InChI is InChI=1S/C18H27N3O2/c1-2-19-9-11-20(12-10-19)17-5-3-16(4-6-17)18(23)21-8-7-15(13-21)14-22/h3-6,15,22H,2,7-14H2,1H3. The van der Waals surface area contributed by atoms with Crippen LogP contribution < -0.4 is 4.90 Å². The van der Waals surface area contributed by atoms with Crippen molar-refractivity contribution in [1.29, 1.82) is 0 Å². The van der Waals surface area contributed by atoms with Crippen LogP contribution in [-0.4, -0.2) is 73.2 Å². The average molecular weight is 317 g/mol. The molecule has 0 radical (unpaired) electrons. The van der Waals surface area contributed by atoms with Crippen molar-refractivity contribution in [3.63, 3.8) is 0 Å². The molecule has 2 heterocycles. The second-order valence-corrected chi connectivity index (χ2v) is 6.56. The van der Waals surface area contributed by atoms with E-state index in [1.54, 1.807) is 0 Å². The highest BCUT2D eigenvalue weighted by Gasteiger charge is 2.26. The van der Waals surface area contributed by atoms with Crippen LogP contribution in [0.25, 0.3) is 0 Å². The number of aliphatic hydroxyl groups excluding tert-OH is 1. The van der Waals surface area contributed by atoms with Crippen LogP contribution in [0.2, 0.25) is 0 Å². The second-order valence-electron chi connectivity index (χ2n) is 6.56. The number of carbonyl (C=O) groups excluding carboxylic acids is 1. The Kier molecular flexibility index (Phi) is 5.18. The summed E-state index contributed by atoms with van der Waals surface area (Å²) in [6, 6.07) is 8.01. The maximum Gasteiger partial charge on any atom is 0.253 e. The molecule has 5 heteroatoms. The number of nitrogens with zero attached hydrogens (tertiary/aromatic N) is 3. The van der Waals surface area contributed by atoms with Crippen molar-refractivity contribution in [1.82, 2.24) is 9.80 Å². The smallest absolute Gasteiger partial charge is 0.253 e. The third-order valence-corrected chi connectivity index (χ3v) is 5.13. The molecule has 0 saturated carbocycles. The molecule has 5 nitrogen and oxygen atoms in total. The fourth-order valence-corrected chi connectivity index (χ4v) is 3.49. The Labute approximate surface area is 138 Å². The first kappa shape index (κ1) is 16.3. The quantitative estimate of drug-likeness (QED) is 0.909. The average Bonchev–Trinajstić information content (AvgIpc) is 3.10. The molecule has 1 unspecified atom stereocenters. The van der Waals surface area contributed by atoms with Crippen molar-refractivity contribution in [2.45, 2.75) is 13.3 Å². The van der Waals surface area contributed by atoms with Crippen molar-refractivity contribution >= 4 is 11.6 Å². The number of anilines is 1. The van der Waals surface area contributed by atoms with Gasteiger partial charge in [-0.1, -0.05) is 6.92 Å². The largest absolute Gasteiger partial charge is 0.396 e. The van der Waals surface area contributed by atoms with Crippen LogP contribution in [0.3, 0.4) is 0 Å². The lowest BCUT2D eigenvalue weighted by atomic mass is 10.1. The highest BCUT2D eigenvalue weighted by atomic mass is 16.3. The molecular formula is C18H27N3O2. The van der Waals surface area contributed by atoms with Crippen LogP contribution in [0.15, 0.2) is 24.3 Å². The Balaban J connectivity index is 1.60. The molecule has 23 heavy (non-hydrogen) atoms. The molecule has 1 atom stereocenters. The van der Waals surface area contributed by atoms with Crippen LogP contribution in [0.4, 0.5) is 5.69 Å². The fraction of sp³-hybridized carbons (Fsp3) is 0.611. The molecule has 0 aromatic heterocycles. The minimum atomic E-state index is 0.0864. The maximum atomic E-state index is 12.5. The second kappa shape index (κ2) is 7.32. The summed E-state index contributed by atoms with van der Waals surface area (Å²) >= 11 is 0. The van der Waals surface area contributed by atoms with Gasteiger partial charge in [-0.2, -0.15) is 0 Å². The molecule has 3 rings (SSSR count). The molecule has 1 aromatic rings. The Morgan fingerprint density at radius 3 is 2.39 bits per heavy atom. The summed E-state index contributed by atoms with van der Waals surface area (Å²) in [4.78, 5) is 19.2. The van der Waals surface area contributed by atoms with E-state index in [0.29, 0.717) is 6.54 Å². The van der Waals surface area contributed by atoms with Crippen molar-refractivity contribution in [3.05, 3.63) is 29.8 Å². The van der Waals surface area contributed by atoms with E-state index in [4.69, 9.17) is 0 Å². The van der Waals surface area contributed by atoms with Crippen molar-refractivity contribution in [3.8, 4) is 0 Å². The van der Waals surface area contributed by atoms with E-state index in [0.717, 1.165) is 51.3 Å². The monoisotopic (exact) mass is 317 g/mol. The van der Waals surface area contributed by atoms with E-state index >= 15 is 0 Å². The van der Waals surface area contributed by atoms with Crippen LogP contribution in [-0.2, 0) is 0 Å². The topological polar surface area (TPSA) is 47.0 Å². The molecule has 2 aliphatic rings. The minimum absolute atomic E-state index is 0.0864. The number of amides is 1. The zero-order valence-electron chi connectivity index (χ0n) is 13.9. The van der Waals surface area contributed by atoms with E-state index < -0.39 is 0 Å². The zero-order chi connectivity index (χ0) is 16.2. The first-order valence-corrected chi connectivity index (χ1v) is 8.68. The normalized spacial score (nSPS) is 22.6. The summed E-state index contributed by atoms with van der Waals surface area (Å²) in [6.07, 6.45) is 0.905. The highest BCUT2D eigenvalue weighted by Crippen LogP contribution is 2.21. The van der Waals surface area contributed by atoms with Gasteiger partial charge in [-0.15, -0.1) is 0 Å². The van der Waals surface area contributed by atoms with Crippen molar-refractivity contribution < 1.29 is 9.90 Å². The summed E-state index contributed by atoms with van der Waals surface area (Å²) in [6.45, 7) is 9.23. The Hall–Kier alpha value is -1.59. The van der Waals surface area contributed by atoms with Crippen molar-refractivity contribution in [2.75, 3.05) is 57.3 Å². The van der Waals surface area contributed by atoms with E-state index in [1.807, 2.05) is 17.0 Å². The van der Waals surface area contributed by atoms with Gasteiger partial charge in [0.25, 0.3) is 5.91 Å². The first-order valence-electron chi connectivity index (χ1n) is 8.68. The number of likely N-dealkylation sites (tertiary alicyclic amines) is 1. The van der Waals surface area contributed by atoms with E-state index in [1.165, 1.54) is 5.69 Å². The van der Waals surface area contributed by atoms with Gasteiger partial charge in [0, 0.05) is 63.0 Å². The van der Waals surface area contributed by atoms with Gasteiger partial charge in [-0.3, -0.25) is 4.79 Å². The summed E-state index contributed by atoms with van der Waals surface area (Å²) in [5.74, 6) is 0.330. The summed E-state index contributed by atoms with van der Waals surface area (Å²) in [5, 5.41) is 9.21. The molecule has 0 aliphatic carbocycles. The number of hydrogen-bond donors (Lipinski definition) is 1. The molecule has 1 N–H and O–H groups in total. The highest BCUT2D eigenvalue weighted by molar-refractivity contribution is 5.94. The molecular weight excluding hydrogens is 290 g/mol. The first-order chi connectivity index (χ1) is 11.2. The molecule has 2 aliphatic heterocycles. The predicted octanol–water partition coefficient (Wildman–Crippen LogP) is 1.28. The number of hydrogen-bond acceptors (Lipinski definition) is 4. The Morgan fingerprint density at radius 1 is 1.13 bits per heavy atom. The lowest BCUT2D eigenvalue weighted by Gasteiger charge is -2.35. The van der Waals surface area contributed by atoms with Gasteiger partial charge < -0.3 is 19.8 Å². The van der Waals surface area contributed by atoms with Gasteiger partial charge in [0.05, 0.1) is 0 Å². The van der Waals surface area contributed by atoms with Gasteiger partial charge in [0.2, 0.25) is 0 Å². The molecule has 2 fully saturated rings. The lowest BCUT2D eigenvalue weighted by molar-refractivity contribution is 0.0782. The predicted molar refractivity (Wildman–Crippen MR) is 91.9 cm³/mol. The zero-order valence-corrected chi connectivity index (χ0v) is 13.9. The van der Waals surface area contributed by atoms with Gasteiger partial charge in [0.1, 0.15) is 0 Å². The van der Waals surface area contributed by atoms with Gasteiger partial charge in [0.15, 0.2) is 0 Å². The lowest BCUT2D eigenvalue weighted by Crippen LogP contribution is -2.46. The third kappa shape index (κ3) is 3.67. The fourth-order valence-electron chi connectivity index (χ4n) is 3.49. The molecule has 1 aromatic carbocycles. The van der Waals surface area contributed by atoms with E-state index in [-0.39, 0.29) is 18.4 Å².